The highest BCUT2D eigenvalue weighted by Crippen LogP contribution is 2.31. The molecule has 17 heavy (non-hydrogen) atoms. The minimum absolute atomic E-state index is 0.491. The molecule has 2 rings (SSSR count). The summed E-state index contributed by atoms with van der Waals surface area (Å²) in [5.74, 6) is 0.713. The highest BCUT2D eigenvalue weighted by atomic mass is 16.5. The smallest absolute Gasteiger partial charge is 0.0469 e. The molecule has 1 atom stereocenters. The van der Waals surface area contributed by atoms with Gasteiger partial charge in [0, 0.05) is 19.3 Å². The minimum atomic E-state index is 0.491. The second kappa shape index (κ2) is 6.18. The van der Waals surface area contributed by atoms with Gasteiger partial charge in [-0.15, -0.1) is 0 Å². The van der Waals surface area contributed by atoms with Gasteiger partial charge >= 0.3 is 0 Å². The largest absolute Gasteiger partial charge is 0.381 e. The summed E-state index contributed by atoms with van der Waals surface area (Å²) >= 11 is 0. The average Bonchev–Trinajstić information content (AvgIpc) is 2.38. The van der Waals surface area contributed by atoms with Crippen molar-refractivity contribution in [3.63, 3.8) is 0 Å². The summed E-state index contributed by atoms with van der Waals surface area (Å²) in [4.78, 5) is 0. The fourth-order valence-electron chi connectivity index (χ4n) is 2.74. The summed E-state index contributed by atoms with van der Waals surface area (Å²) in [7, 11) is 0. The lowest BCUT2D eigenvalue weighted by Crippen LogP contribution is -2.32. The molecule has 2 nitrogen and oxygen atoms in total. The number of hydrogen-bond donors (Lipinski definition) is 1. The summed E-state index contributed by atoms with van der Waals surface area (Å²) in [6.07, 6.45) is 2.35. The monoisotopic (exact) mass is 233 g/mol. The van der Waals surface area contributed by atoms with Crippen molar-refractivity contribution in [2.24, 2.45) is 5.92 Å². The first kappa shape index (κ1) is 12.6. The lowest BCUT2D eigenvalue weighted by Gasteiger charge is -2.32. The summed E-state index contributed by atoms with van der Waals surface area (Å²) in [6, 6.07) is 9.22. The van der Waals surface area contributed by atoms with Gasteiger partial charge in [0.25, 0.3) is 0 Å². The normalized spacial score (nSPS) is 19.2. The molecule has 0 aliphatic carbocycles. The highest BCUT2D eigenvalue weighted by molar-refractivity contribution is 5.29. The number of hydrogen-bond acceptors (Lipinski definition) is 2. The average molecular weight is 233 g/mol. The molecule has 1 aliphatic rings. The van der Waals surface area contributed by atoms with Crippen LogP contribution in [-0.2, 0) is 4.74 Å². The maximum Gasteiger partial charge on any atom is 0.0469 e. The van der Waals surface area contributed by atoms with Crippen molar-refractivity contribution in [1.82, 2.24) is 5.32 Å². The van der Waals surface area contributed by atoms with Crippen molar-refractivity contribution in [3.8, 4) is 0 Å². The maximum absolute atomic E-state index is 5.47. The van der Waals surface area contributed by atoms with Crippen molar-refractivity contribution in [2.75, 3.05) is 19.8 Å². The van der Waals surface area contributed by atoms with E-state index in [2.05, 4.69) is 43.4 Å². The predicted molar refractivity (Wildman–Crippen MR) is 71.1 cm³/mol. The van der Waals surface area contributed by atoms with Crippen LogP contribution in [0.4, 0.5) is 0 Å². The molecule has 0 saturated carbocycles. The van der Waals surface area contributed by atoms with Crippen LogP contribution in [0.1, 0.15) is 36.9 Å². The molecule has 0 radical (unpaired) electrons. The Morgan fingerprint density at radius 3 is 2.65 bits per heavy atom. The minimum Gasteiger partial charge on any atom is -0.381 e. The molecule has 1 aliphatic heterocycles. The van der Waals surface area contributed by atoms with Gasteiger partial charge in [0.15, 0.2) is 0 Å². The number of benzene rings is 1. The van der Waals surface area contributed by atoms with E-state index in [-0.39, 0.29) is 0 Å². The van der Waals surface area contributed by atoms with E-state index < -0.39 is 0 Å². The van der Waals surface area contributed by atoms with Gasteiger partial charge in [0.05, 0.1) is 0 Å². The second-order valence-electron chi connectivity index (χ2n) is 4.84. The van der Waals surface area contributed by atoms with E-state index in [0.717, 1.165) is 19.8 Å². The van der Waals surface area contributed by atoms with Gasteiger partial charge in [-0.2, -0.15) is 0 Å². The van der Waals surface area contributed by atoms with Crippen LogP contribution in [0.25, 0.3) is 0 Å². The molecule has 2 heteroatoms. The molecular weight excluding hydrogens is 210 g/mol. The van der Waals surface area contributed by atoms with E-state index in [9.17, 15) is 0 Å². The molecule has 1 fully saturated rings. The number of nitrogens with one attached hydrogen (secondary N) is 1. The van der Waals surface area contributed by atoms with Crippen molar-refractivity contribution in [2.45, 2.75) is 32.7 Å². The quantitative estimate of drug-likeness (QED) is 0.863. The third kappa shape index (κ3) is 3.08. The Kier molecular flexibility index (Phi) is 4.57. The molecule has 0 spiro atoms. The Hall–Kier alpha value is -0.860. The highest BCUT2D eigenvalue weighted by Gasteiger charge is 2.25. The zero-order valence-electron chi connectivity index (χ0n) is 10.9. The van der Waals surface area contributed by atoms with Crippen LogP contribution in [0.5, 0.6) is 0 Å². The Labute approximate surface area is 104 Å². The van der Waals surface area contributed by atoms with E-state index in [0.29, 0.717) is 12.0 Å². The van der Waals surface area contributed by atoms with Crippen LogP contribution < -0.4 is 5.32 Å². The maximum atomic E-state index is 5.47. The van der Waals surface area contributed by atoms with Crippen molar-refractivity contribution < 1.29 is 4.74 Å². The van der Waals surface area contributed by atoms with Crippen molar-refractivity contribution in [1.29, 1.82) is 0 Å². The predicted octanol–water partition coefficient (Wildman–Crippen LogP) is 3.07. The van der Waals surface area contributed by atoms with E-state index in [1.54, 1.807) is 0 Å². The third-order valence-electron chi connectivity index (χ3n) is 3.68. The van der Waals surface area contributed by atoms with Gasteiger partial charge in [-0.25, -0.2) is 0 Å². The van der Waals surface area contributed by atoms with E-state index >= 15 is 0 Å². The van der Waals surface area contributed by atoms with Crippen LogP contribution in [0.3, 0.4) is 0 Å². The van der Waals surface area contributed by atoms with Crippen LogP contribution in [0.15, 0.2) is 24.3 Å². The number of aryl methyl sites for hydroxylation is 1. The summed E-state index contributed by atoms with van der Waals surface area (Å²) in [6.45, 7) is 7.25. The van der Waals surface area contributed by atoms with Crippen LogP contribution in [-0.4, -0.2) is 19.8 Å². The van der Waals surface area contributed by atoms with Crippen LogP contribution >= 0.6 is 0 Å². The summed E-state index contributed by atoms with van der Waals surface area (Å²) in [5.41, 5.74) is 2.85. The summed E-state index contributed by atoms with van der Waals surface area (Å²) in [5, 5.41) is 3.65. The molecule has 1 saturated heterocycles. The lowest BCUT2D eigenvalue weighted by atomic mass is 9.85. The molecule has 1 heterocycles. The first-order chi connectivity index (χ1) is 8.33. The molecule has 94 valence electrons. The van der Waals surface area contributed by atoms with Gasteiger partial charge in [0.2, 0.25) is 0 Å². The molecule has 0 aromatic heterocycles. The first-order valence-corrected chi connectivity index (χ1v) is 6.69. The summed E-state index contributed by atoms with van der Waals surface area (Å²) < 4.78 is 5.47. The molecule has 0 amide bonds. The SMILES string of the molecule is CCNC(c1ccccc1C)C1CCOCC1. The number of rotatable bonds is 4. The van der Waals surface area contributed by atoms with Crippen molar-refractivity contribution >= 4 is 0 Å². The Morgan fingerprint density at radius 2 is 2.00 bits per heavy atom. The molecule has 1 unspecified atom stereocenters. The standard InChI is InChI=1S/C15H23NO/c1-3-16-15(13-8-10-17-11-9-13)14-7-5-4-6-12(14)2/h4-7,13,15-16H,3,8-11H2,1-2H3. The Balaban J connectivity index is 2.18. The Morgan fingerprint density at radius 1 is 1.29 bits per heavy atom. The Bertz CT molecular complexity index is 345. The molecule has 1 aromatic rings. The zero-order valence-corrected chi connectivity index (χ0v) is 10.9. The van der Waals surface area contributed by atoms with Gasteiger partial charge in [0.1, 0.15) is 0 Å². The van der Waals surface area contributed by atoms with Gasteiger partial charge in [-0.3, -0.25) is 0 Å². The first-order valence-electron chi connectivity index (χ1n) is 6.69. The van der Waals surface area contributed by atoms with Crippen LogP contribution in [0, 0.1) is 12.8 Å². The fourth-order valence-corrected chi connectivity index (χ4v) is 2.74. The molecular formula is C15H23NO. The molecule has 0 bridgehead atoms. The third-order valence-corrected chi connectivity index (χ3v) is 3.68. The van der Waals surface area contributed by atoms with Crippen LogP contribution in [0.2, 0.25) is 0 Å². The van der Waals surface area contributed by atoms with E-state index in [1.165, 1.54) is 24.0 Å². The van der Waals surface area contributed by atoms with Gasteiger partial charge in [-0.05, 0) is 43.4 Å². The van der Waals surface area contributed by atoms with E-state index in [4.69, 9.17) is 4.74 Å². The molecule has 1 aromatic carbocycles. The topological polar surface area (TPSA) is 21.3 Å². The van der Waals surface area contributed by atoms with Gasteiger partial charge < -0.3 is 10.1 Å². The second-order valence-corrected chi connectivity index (χ2v) is 4.84. The number of ether oxygens (including phenoxy) is 1. The van der Waals surface area contributed by atoms with E-state index in [1.807, 2.05) is 0 Å². The fraction of sp³-hybridized carbons (Fsp3) is 0.600. The zero-order chi connectivity index (χ0) is 12.1. The van der Waals surface area contributed by atoms with Crippen molar-refractivity contribution in [3.05, 3.63) is 35.4 Å². The lowest BCUT2D eigenvalue weighted by molar-refractivity contribution is 0.0537. The van der Waals surface area contributed by atoms with Gasteiger partial charge in [-0.1, -0.05) is 31.2 Å². The molecule has 1 N–H and O–H groups in total.